The number of allylic oxidation sites excluding steroid dienone is 1. The molecule has 0 aromatic rings. The van der Waals surface area contributed by atoms with Gasteiger partial charge >= 0.3 is 0 Å². The van der Waals surface area contributed by atoms with Gasteiger partial charge in [-0.25, -0.2) is 8.42 Å². The molecular weight excluding hydrogens is 226 g/mol. The Kier molecular flexibility index (Phi) is 2.61. The van der Waals surface area contributed by atoms with Crippen LogP contribution in [0.25, 0.3) is 0 Å². The summed E-state index contributed by atoms with van der Waals surface area (Å²) in [5.74, 6) is -0.210. The van der Waals surface area contributed by atoms with Crippen LogP contribution in [-0.4, -0.2) is 19.6 Å². The first-order chi connectivity index (χ1) is 7.46. The molecule has 0 unspecified atom stereocenters. The second-order valence-electron chi connectivity index (χ2n) is 4.73. The quantitative estimate of drug-likeness (QED) is 0.738. The second kappa shape index (κ2) is 3.58. The molecule has 0 radical (unpaired) electrons. The average molecular weight is 243 g/mol. The Labute approximate surface area is 96.2 Å². The smallest absolute Gasteiger partial charge is 0.240 e. The van der Waals surface area contributed by atoms with Gasteiger partial charge in [0, 0.05) is 0 Å². The highest BCUT2D eigenvalue weighted by molar-refractivity contribution is 7.90. The van der Waals surface area contributed by atoms with Crippen LogP contribution in [0.1, 0.15) is 32.6 Å². The van der Waals surface area contributed by atoms with Crippen molar-refractivity contribution in [1.29, 1.82) is 0 Å². The van der Waals surface area contributed by atoms with Crippen LogP contribution in [0.2, 0.25) is 0 Å². The topological polar surface area (TPSA) is 63.2 Å². The van der Waals surface area contributed by atoms with Gasteiger partial charge in [0.1, 0.15) is 0 Å². The zero-order valence-electron chi connectivity index (χ0n) is 9.40. The molecule has 2 aliphatic rings. The number of hydrogen-bond acceptors (Lipinski definition) is 3. The van der Waals surface area contributed by atoms with Crippen LogP contribution in [0.5, 0.6) is 0 Å². The normalized spacial score (nSPS) is 33.2. The van der Waals surface area contributed by atoms with Crippen molar-refractivity contribution in [1.82, 2.24) is 4.72 Å². The molecular formula is C11H17NO3S. The van der Waals surface area contributed by atoms with Gasteiger partial charge in [0.05, 0.1) is 10.7 Å². The first kappa shape index (κ1) is 11.6. The maximum atomic E-state index is 11.9. The summed E-state index contributed by atoms with van der Waals surface area (Å²) in [4.78, 5) is 11.9. The molecule has 4 nitrogen and oxygen atoms in total. The number of amides is 1. The highest BCUT2D eigenvalue weighted by Crippen LogP contribution is 2.56. The third-order valence-electron chi connectivity index (χ3n) is 3.70. The fourth-order valence-corrected chi connectivity index (χ4v) is 3.55. The molecule has 2 rings (SSSR count). The number of nitrogens with one attached hydrogen (secondary N) is 1. The van der Waals surface area contributed by atoms with E-state index in [0.29, 0.717) is 19.3 Å². The molecule has 5 heteroatoms. The molecule has 1 amide bonds. The highest BCUT2D eigenvalue weighted by atomic mass is 32.2. The summed E-state index contributed by atoms with van der Waals surface area (Å²) in [6.07, 6.45) is 4.47. The van der Waals surface area contributed by atoms with Crippen molar-refractivity contribution in [2.75, 3.05) is 0 Å². The predicted octanol–water partition coefficient (Wildman–Crippen LogP) is 1.20. The third-order valence-corrected chi connectivity index (χ3v) is 5.52. The van der Waals surface area contributed by atoms with E-state index in [1.165, 1.54) is 0 Å². The van der Waals surface area contributed by atoms with Gasteiger partial charge in [0.2, 0.25) is 15.9 Å². The van der Waals surface area contributed by atoms with Gasteiger partial charge in [-0.15, -0.1) is 6.58 Å². The number of sulfonamides is 1. The molecule has 2 fully saturated rings. The zero-order valence-corrected chi connectivity index (χ0v) is 10.2. The molecule has 0 saturated heterocycles. The van der Waals surface area contributed by atoms with Gasteiger partial charge in [0.15, 0.2) is 0 Å². The van der Waals surface area contributed by atoms with E-state index in [0.717, 1.165) is 6.42 Å². The molecule has 0 aromatic heterocycles. The monoisotopic (exact) mass is 243 g/mol. The molecule has 0 spiro atoms. The lowest BCUT2D eigenvalue weighted by Crippen LogP contribution is -2.39. The minimum atomic E-state index is -3.41. The summed E-state index contributed by atoms with van der Waals surface area (Å²) >= 11 is 0. The Morgan fingerprint density at radius 3 is 2.56 bits per heavy atom. The maximum Gasteiger partial charge on any atom is 0.240 e. The lowest BCUT2D eigenvalue weighted by atomic mass is 10.00. The van der Waals surface area contributed by atoms with E-state index in [9.17, 15) is 13.2 Å². The molecule has 16 heavy (non-hydrogen) atoms. The van der Waals surface area contributed by atoms with Crippen molar-refractivity contribution in [3.63, 3.8) is 0 Å². The van der Waals surface area contributed by atoms with Crippen LogP contribution in [0.3, 0.4) is 0 Å². The Bertz CT molecular complexity index is 425. The van der Waals surface area contributed by atoms with Gasteiger partial charge in [-0.1, -0.05) is 13.0 Å². The molecule has 2 saturated carbocycles. The fourth-order valence-electron chi connectivity index (χ4n) is 2.16. The molecule has 2 atom stereocenters. The highest BCUT2D eigenvalue weighted by Gasteiger charge is 2.58. The number of carbonyl (C=O) groups is 1. The van der Waals surface area contributed by atoms with Crippen LogP contribution >= 0.6 is 0 Å². The average Bonchev–Trinajstić information content (AvgIpc) is 3.10. The molecule has 1 N–H and O–H groups in total. The van der Waals surface area contributed by atoms with E-state index in [2.05, 4.69) is 11.3 Å². The van der Waals surface area contributed by atoms with Crippen LogP contribution in [0.4, 0.5) is 0 Å². The Morgan fingerprint density at radius 1 is 1.56 bits per heavy atom. The van der Waals surface area contributed by atoms with Crippen molar-refractivity contribution in [2.45, 2.75) is 37.9 Å². The molecule has 0 aliphatic heterocycles. The van der Waals surface area contributed by atoms with Crippen LogP contribution in [-0.2, 0) is 14.8 Å². The summed E-state index contributed by atoms with van der Waals surface area (Å²) in [5.41, 5.74) is -0.510. The maximum absolute atomic E-state index is 11.9. The molecule has 2 aliphatic carbocycles. The van der Waals surface area contributed by atoms with Crippen molar-refractivity contribution in [3.8, 4) is 0 Å². The Balaban J connectivity index is 2.06. The lowest BCUT2D eigenvalue weighted by Gasteiger charge is -2.14. The van der Waals surface area contributed by atoms with E-state index < -0.39 is 15.4 Å². The largest absolute Gasteiger partial charge is 0.273 e. The summed E-state index contributed by atoms with van der Waals surface area (Å²) in [7, 11) is -3.41. The van der Waals surface area contributed by atoms with Crippen molar-refractivity contribution in [2.24, 2.45) is 11.3 Å². The zero-order chi connectivity index (χ0) is 12.0. The number of carbonyl (C=O) groups excluding carboxylic acids is 1. The van der Waals surface area contributed by atoms with Crippen LogP contribution in [0.15, 0.2) is 12.7 Å². The second-order valence-corrected chi connectivity index (χ2v) is 6.69. The molecule has 0 bridgehead atoms. The van der Waals surface area contributed by atoms with Gasteiger partial charge in [-0.05, 0) is 31.6 Å². The van der Waals surface area contributed by atoms with Crippen LogP contribution in [0, 0.1) is 11.3 Å². The van der Waals surface area contributed by atoms with Crippen molar-refractivity contribution < 1.29 is 13.2 Å². The van der Waals surface area contributed by atoms with E-state index >= 15 is 0 Å². The van der Waals surface area contributed by atoms with Gasteiger partial charge < -0.3 is 0 Å². The molecule has 90 valence electrons. The first-order valence-electron chi connectivity index (χ1n) is 5.65. The number of hydrogen-bond donors (Lipinski definition) is 1. The summed E-state index contributed by atoms with van der Waals surface area (Å²) < 4.78 is 25.5. The van der Waals surface area contributed by atoms with Gasteiger partial charge in [0.25, 0.3) is 0 Å². The van der Waals surface area contributed by atoms with Gasteiger partial charge in [-0.3, -0.25) is 9.52 Å². The predicted molar refractivity (Wildman–Crippen MR) is 61.1 cm³/mol. The van der Waals surface area contributed by atoms with E-state index in [-0.39, 0.29) is 17.1 Å². The fraction of sp³-hybridized carbons (Fsp3) is 0.727. The SMILES string of the molecule is C=C[C@@H]1C[C@]1(CC)C(=O)NS(=O)(=O)C1CC1. The van der Waals surface area contributed by atoms with Crippen molar-refractivity contribution in [3.05, 3.63) is 12.7 Å². The molecule has 0 heterocycles. The minimum absolute atomic E-state index is 0.131. The van der Waals surface area contributed by atoms with E-state index in [1.807, 2.05) is 6.92 Å². The van der Waals surface area contributed by atoms with E-state index in [1.54, 1.807) is 6.08 Å². The lowest BCUT2D eigenvalue weighted by molar-refractivity contribution is -0.124. The Hall–Kier alpha value is -0.840. The third kappa shape index (κ3) is 1.77. The first-order valence-corrected chi connectivity index (χ1v) is 7.19. The minimum Gasteiger partial charge on any atom is -0.273 e. The van der Waals surface area contributed by atoms with Crippen molar-refractivity contribution >= 4 is 15.9 Å². The Morgan fingerprint density at radius 2 is 2.19 bits per heavy atom. The summed E-state index contributed by atoms with van der Waals surface area (Å²) in [6, 6.07) is 0. The standard InChI is InChI=1S/C11H17NO3S/c1-3-8-7-11(8,4-2)10(13)12-16(14,15)9-5-6-9/h3,8-9H,1,4-7H2,2H3,(H,12,13)/t8-,11+/m1/s1. The molecule has 0 aromatic carbocycles. The van der Waals surface area contributed by atoms with Gasteiger partial charge in [-0.2, -0.15) is 0 Å². The number of rotatable bonds is 5. The van der Waals surface area contributed by atoms with E-state index in [4.69, 9.17) is 0 Å². The summed E-state index contributed by atoms with van der Waals surface area (Å²) in [6.45, 7) is 5.57. The summed E-state index contributed by atoms with van der Waals surface area (Å²) in [5, 5.41) is -0.341. The van der Waals surface area contributed by atoms with Crippen LogP contribution < -0.4 is 4.72 Å².